The summed E-state index contributed by atoms with van der Waals surface area (Å²) in [6.07, 6.45) is 1.26. The number of sulfone groups is 1. The molecule has 98 valence electrons. The molecule has 0 fully saturated rings. The lowest BCUT2D eigenvalue weighted by Crippen LogP contribution is -2.24. The molecule has 0 aliphatic carbocycles. The van der Waals surface area contributed by atoms with Crippen LogP contribution in [0.2, 0.25) is 5.02 Å². The summed E-state index contributed by atoms with van der Waals surface area (Å²) in [4.78, 5) is 11.5. The number of rotatable bonds is 5. The fraction of sp³-hybridized carbons (Fsp3) is 0.250. The van der Waals surface area contributed by atoms with Gasteiger partial charge in [-0.15, -0.1) is 6.58 Å². The molecular formula is C12H14ClNO3S. The maximum Gasteiger partial charge on any atom is 0.239 e. The average molecular weight is 288 g/mol. The van der Waals surface area contributed by atoms with Gasteiger partial charge in [0.05, 0.1) is 5.75 Å². The fourth-order valence-electron chi connectivity index (χ4n) is 1.31. The number of benzene rings is 1. The van der Waals surface area contributed by atoms with E-state index in [2.05, 4.69) is 11.9 Å². The summed E-state index contributed by atoms with van der Waals surface area (Å²) in [7, 11) is -3.43. The highest BCUT2D eigenvalue weighted by molar-refractivity contribution is 7.92. The third-order valence-electron chi connectivity index (χ3n) is 2.18. The molecule has 0 aliphatic rings. The number of carbonyl (C=O) groups is 1. The van der Waals surface area contributed by atoms with Crippen molar-refractivity contribution >= 4 is 33.0 Å². The molecule has 0 atom stereocenters. The van der Waals surface area contributed by atoms with Gasteiger partial charge >= 0.3 is 0 Å². The van der Waals surface area contributed by atoms with E-state index in [1.807, 2.05) is 6.92 Å². The zero-order chi connectivity index (χ0) is 13.8. The second kappa shape index (κ2) is 6.02. The second-order valence-electron chi connectivity index (χ2n) is 3.86. The normalized spacial score (nSPS) is 11.0. The van der Waals surface area contributed by atoms with Crippen LogP contribution in [-0.2, 0) is 14.6 Å². The van der Waals surface area contributed by atoms with Gasteiger partial charge in [0.15, 0.2) is 9.84 Å². The Balaban J connectivity index is 2.70. The fourth-order valence-corrected chi connectivity index (χ4v) is 2.44. The molecule has 0 aliphatic heterocycles. The quantitative estimate of drug-likeness (QED) is 0.844. The Labute approximate surface area is 112 Å². The van der Waals surface area contributed by atoms with Gasteiger partial charge in [0.25, 0.3) is 0 Å². The van der Waals surface area contributed by atoms with Crippen molar-refractivity contribution in [1.29, 1.82) is 0 Å². The maximum absolute atomic E-state index is 11.5. The molecule has 6 heteroatoms. The molecule has 0 aromatic heterocycles. The molecule has 0 spiro atoms. The van der Waals surface area contributed by atoms with Crippen LogP contribution in [0.5, 0.6) is 0 Å². The number of nitrogens with one attached hydrogen (secondary N) is 1. The molecule has 18 heavy (non-hydrogen) atoms. The lowest BCUT2D eigenvalue weighted by atomic mass is 10.2. The maximum atomic E-state index is 11.5. The van der Waals surface area contributed by atoms with E-state index >= 15 is 0 Å². The SMILES string of the molecule is C=CCS(=O)(=O)CC(=O)Nc1ccc(C)c(Cl)c1. The van der Waals surface area contributed by atoms with Crippen LogP contribution >= 0.6 is 11.6 Å². The van der Waals surface area contributed by atoms with Gasteiger partial charge in [-0.25, -0.2) is 8.42 Å². The largest absolute Gasteiger partial charge is 0.325 e. The van der Waals surface area contributed by atoms with E-state index in [1.165, 1.54) is 6.08 Å². The van der Waals surface area contributed by atoms with Crippen LogP contribution in [0, 0.1) is 6.92 Å². The van der Waals surface area contributed by atoms with Crippen LogP contribution in [-0.4, -0.2) is 25.8 Å². The smallest absolute Gasteiger partial charge is 0.239 e. The molecule has 0 radical (unpaired) electrons. The van der Waals surface area contributed by atoms with E-state index in [-0.39, 0.29) is 5.75 Å². The molecular weight excluding hydrogens is 274 g/mol. The van der Waals surface area contributed by atoms with E-state index in [4.69, 9.17) is 11.6 Å². The first kappa shape index (κ1) is 14.7. The molecule has 4 nitrogen and oxygen atoms in total. The molecule has 0 unspecified atom stereocenters. The van der Waals surface area contributed by atoms with Gasteiger partial charge in [0, 0.05) is 10.7 Å². The summed E-state index contributed by atoms with van der Waals surface area (Å²) in [5.41, 5.74) is 1.36. The zero-order valence-corrected chi connectivity index (χ0v) is 11.5. The Morgan fingerprint density at radius 3 is 2.72 bits per heavy atom. The van der Waals surface area contributed by atoms with Crippen molar-refractivity contribution in [3.63, 3.8) is 0 Å². The minimum absolute atomic E-state index is 0.213. The highest BCUT2D eigenvalue weighted by Crippen LogP contribution is 2.19. The van der Waals surface area contributed by atoms with Crippen LogP contribution in [0.15, 0.2) is 30.9 Å². The number of aryl methyl sites for hydroxylation is 1. The minimum Gasteiger partial charge on any atom is -0.325 e. The Bertz CT molecular complexity index is 567. The van der Waals surface area contributed by atoms with Crippen molar-refractivity contribution in [3.05, 3.63) is 41.4 Å². The van der Waals surface area contributed by atoms with Gasteiger partial charge in [-0.05, 0) is 24.6 Å². The number of hydrogen-bond donors (Lipinski definition) is 1. The summed E-state index contributed by atoms with van der Waals surface area (Å²) in [6.45, 7) is 5.17. The van der Waals surface area contributed by atoms with Crippen molar-refractivity contribution < 1.29 is 13.2 Å². The number of hydrogen-bond acceptors (Lipinski definition) is 3. The summed E-state index contributed by atoms with van der Waals surface area (Å²) < 4.78 is 22.8. The van der Waals surface area contributed by atoms with Crippen molar-refractivity contribution in [3.8, 4) is 0 Å². The van der Waals surface area contributed by atoms with E-state index in [0.717, 1.165) is 5.56 Å². The summed E-state index contributed by atoms with van der Waals surface area (Å²) in [5, 5.41) is 3.00. The van der Waals surface area contributed by atoms with Gasteiger partial charge in [-0.1, -0.05) is 23.7 Å². The third kappa shape index (κ3) is 4.50. The van der Waals surface area contributed by atoms with Crippen LogP contribution in [0.4, 0.5) is 5.69 Å². The molecule has 1 aromatic rings. The van der Waals surface area contributed by atoms with Gasteiger partial charge in [0.1, 0.15) is 5.75 Å². The Morgan fingerprint density at radius 1 is 1.50 bits per heavy atom. The van der Waals surface area contributed by atoms with Crippen LogP contribution < -0.4 is 5.32 Å². The van der Waals surface area contributed by atoms with Crippen molar-refractivity contribution in [2.45, 2.75) is 6.92 Å². The van der Waals surface area contributed by atoms with Gasteiger partial charge in [-0.3, -0.25) is 4.79 Å². The summed E-state index contributed by atoms with van der Waals surface area (Å²) in [6, 6.07) is 4.99. The van der Waals surface area contributed by atoms with Gasteiger partial charge < -0.3 is 5.32 Å². The Morgan fingerprint density at radius 2 is 2.17 bits per heavy atom. The van der Waals surface area contributed by atoms with Gasteiger partial charge in [0.2, 0.25) is 5.91 Å². The molecule has 0 saturated carbocycles. The third-order valence-corrected chi connectivity index (χ3v) is 4.03. The number of halogens is 1. The standard InChI is InChI=1S/C12H14ClNO3S/c1-3-6-18(16,17)8-12(15)14-10-5-4-9(2)11(13)7-10/h3-5,7H,1,6,8H2,2H3,(H,14,15). The van der Waals surface area contributed by atoms with Gasteiger partial charge in [-0.2, -0.15) is 0 Å². The van der Waals surface area contributed by atoms with E-state index in [9.17, 15) is 13.2 Å². The average Bonchev–Trinajstić information content (AvgIpc) is 2.22. The molecule has 0 heterocycles. The Kier molecular flexibility index (Phi) is 4.93. The molecule has 1 aromatic carbocycles. The zero-order valence-electron chi connectivity index (χ0n) is 9.94. The lowest BCUT2D eigenvalue weighted by molar-refractivity contribution is -0.113. The molecule has 0 saturated heterocycles. The topological polar surface area (TPSA) is 63.2 Å². The molecule has 1 amide bonds. The predicted molar refractivity (Wildman–Crippen MR) is 73.7 cm³/mol. The molecule has 0 bridgehead atoms. The Hall–Kier alpha value is -1.33. The summed E-state index contributed by atoms with van der Waals surface area (Å²) in [5.74, 6) is -1.36. The highest BCUT2D eigenvalue weighted by atomic mass is 35.5. The van der Waals surface area contributed by atoms with Crippen molar-refractivity contribution in [1.82, 2.24) is 0 Å². The van der Waals surface area contributed by atoms with Crippen molar-refractivity contribution in [2.75, 3.05) is 16.8 Å². The number of anilines is 1. The van der Waals surface area contributed by atoms with Crippen LogP contribution in [0.3, 0.4) is 0 Å². The van der Waals surface area contributed by atoms with Crippen molar-refractivity contribution in [2.24, 2.45) is 0 Å². The molecule has 1 rings (SSSR count). The summed E-state index contributed by atoms with van der Waals surface area (Å²) >= 11 is 5.90. The second-order valence-corrected chi connectivity index (χ2v) is 6.37. The monoisotopic (exact) mass is 287 g/mol. The molecule has 1 N–H and O–H groups in total. The first-order valence-electron chi connectivity index (χ1n) is 5.21. The highest BCUT2D eigenvalue weighted by Gasteiger charge is 2.15. The van der Waals surface area contributed by atoms with Crippen LogP contribution in [0.1, 0.15) is 5.56 Å². The predicted octanol–water partition coefficient (Wildman–Crippen LogP) is 2.19. The van der Waals surface area contributed by atoms with Crippen LogP contribution in [0.25, 0.3) is 0 Å². The van der Waals surface area contributed by atoms with E-state index in [0.29, 0.717) is 10.7 Å². The number of carbonyl (C=O) groups excluding carboxylic acids is 1. The van der Waals surface area contributed by atoms with E-state index < -0.39 is 21.5 Å². The first-order valence-corrected chi connectivity index (χ1v) is 7.41. The minimum atomic E-state index is -3.43. The lowest BCUT2D eigenvalue weighted by Gasteiger charge is -2.06. The number of amides is 1. The van der Waals surface area contributed by atoms with E-state index in [1.54, 1.807) is 18.2 Å². The first-order chi connectivity index (χ1) is 8.34.